The van der Waals surface area contributed by atoms with Crippen molar-refractivity contribution < 1.29 is 14.3 Å². The molecule has 0 atom stereocenters. The topological polar surface area (TPSA) is 72.7 Å². The standard InChI is InChI=1S/C22H29N5O3S/c1-4-27-16(2)14-19(24-27)21(28)26(9-5-8-25-10-12-30-13-11-25)22-23-18-15-17(29-3)6-7-20(18)31-22/h6-7,14-15H,4-5,8-13H2,1-3H3. The number of carbonyl (C=O) groups excluding carboxylic acids is 1. The van der Waals surface area contributed by atoms with Crippen LogP contribution in [0.5, 0.6) is 5.75 Å². The Morgan fingerprint density at radius 2 is 2.10 bits per heavy atom. The zero-order valence-electron chi connectivity index (χ0n) is 18.3. The first kappa shape index (κ1) is 21.7. The van der Waals surface area contributed by atoms with E-state index < -0.39 is 0 Å². The lowest BCUT2D eigenvalue weighted by Crippen LogP contribution is -2.39. The number of fused-ring (bicyclic) bond motifs is 1. The number of aryl methyl sites for hydroxylation is 2. The second-order valence-corrected chi connectivity index (χ2v) is 8.59. The number of amides is 1. The van der Waals surface area contributed by atoms with E-state index in [4.69, 9.17) is 14.5 Å². The molecule has 1 aliphatic rings. The number of hydrogen-bond donors (Lipinski definition) is 0. The third-order valence-corrected chi connectivity index (χ3v) is 6.58. The zero-order chi connectivity index (χ0) is 21.8. The SMILES string of the molecule is CCn1nc(C(=O)N(CCCN2CCOCC2)c2nc3cc(OC)ccc3s2)cc1C. The number of morpholine rings is 1. The molecular formula is C22H29N5O3S. The number of thiazole rings is 1. The van der Waals surface area contributed by atoms with Crippen molar-refractivity contribution >= 4 is 32.6 Å². The summed E-state index contributed by atoms with van der Waals surface area (Å²) in [5, 5.41) is 5.20. The van der Waals surface area contributed by atoms with Crippen molar-refractivity contribution in [2.75, 3.05) is 51.4 Å². The molecular weight excluding hydrogens is 414 g/mol. The third-order valence-electron chi connectivity index (χ3n) is 5.52. The van der Waals surface area contributed by atoms with Gasteiger partial charge in [0.1, 0.15) is 5.75 Å². The Morgan fingerprint density at radius 3 is 2.81 bits per heavy atom. The van der Waals surface area contributed by atoms with Crippen molar-refractivity contribution in [2.45, 2.75) is 26.8 Å². The first-order chi connectivity index (χ1) is 15.1. The Hall–Kier alpha value is -2.49. The second kappa shape index (κ2) is 9.76. The van der Waals surface area contributed by atoms with Crippen LogP contribution in [0.1, 0.15) is 29.5 Å². The van der Waals surface area contributed by atoms with Gasteiger partial charge in [0.2, 0.25) is 0 Å². The molecule has 0 aliphatic carbocycles. The van der Waals surface area contributed by atoms with Gasteiger partial charge in [-0.2, -0.15) is 5.10 Å². The molecule has 9 heteroatoms. The number of rotatable bonds is 8. The van der Waals surface area contributed by atoms with Crippen LogP contribution in [0.2, 0.25) is 0 Å². The van der Waals surface area contributed by atoms with E-state index in [1.54, 1.807) is 12.0 Å². The van der Waals surface area contributed by atoms with Gasteiger partial charge < -0.3 is 9.47 Å². The molecule has 0 unspecified atom stereocenters. The van der Waals surface area contributed by atoms with Gasteiger partial charge in [0, 0.05) is 44.5 Å². The van der Waals surface area contributed by atoms with Crippen LogP contribution in [0.4, 0.5) is 5.13 Å². The van der Waals surface area contributed by atoms with Crippen LogP contribution in [0.3, 0.4) is 0 Å². The van der Waals surface area contributed by atoms with Crippen molar-refractivity contribution in [3.63, 3.8) is 0 Å². The first-order valence-corrected chi connectivity index (χ1v) is 11.5. The molecule has 3 heterocycles. The number of benzene rings is 1. The molecule has 3 aromatic rings. The lowest BCUT2D eigenvalue weighted by atomic mass is 10.3. The molecule has 0 saturated carbocycles. The largest absolute Gasteiger partial charge is 0.497 e. The highest BCUT2D eigenvalue weighted by Crippen LogP contribution is 2.32. The van der Waals surface area contributed by atoms with E-state index in [0.29, 0.717) is 17.4 Å². The molecule has 31 heavy (non-hydrogen) atoms. The molecule has 166 valence electrons. The van der Waals surface area contributed by atoms with Gasteiger partial charge in [-0.3, -0.25) is 19.3 Å². The van der Waals surface area contributed by atoms with Crippen LogP contribution >= 0.6 is 11.3 Å². The highest BCUT2D eigenvalue weighted by Gasteiger charge is 2.24. The smallest absolute Gasteiger partial charge is 0.280 e. The summed E-state index contributed by atoms with van der Waals surface area (Å²) in [7, 11) is 1.64. The summed E-state index contributed by atoms with van der Waals surface area (Å²) in [5.41, 5.74) is 2.27. The van der Waals surface area contributed by atoms with Crippen molar-refractivity contribution in [2.24, 2.45) is 0 Å². The molecule has 1 amide bonds. The van der Waals surface area contributed by atoms with Crippen LogP contribution < -0.4 is 9.64 Å². The van der Waals surface area contributed by atoms with Gasteiger partial charge in [0.25, 0.3) is 5.91 Å². The summed E-state index contributed by atoms with van der Waals surface area (Å²) in [5.74, 6) is 0.648. The summed E-state index contributed by atoms with van der Waals surface area (Å²) in [4.78, 5) is 22.4. The Kier molecular flexibility index (Phi) is 6.84. The fraction of sp³-hybridized carbons (Fsp3) is 0.500. The number of anilines is 1. The second-order valence-electron chi connectivity index (χ2n) is 7.58. The molecule has 0 spiro atoms. The van der Waals surface area contributed by atoms with Gasteiger partial charge in [-0.15, -0.1) is 0 Å². The van der Waals surface area contributed by atoms with Crippen LogP contribution in [-0.4, -0.2) is 72.1 Å². The molecule has 1 aromatic carbocycles. The van der Waals surface area contributed by atoms with Crippen molar-refractivity contribution in [3.8, 4) is 5.75 Å². The highest BCUT2D eigenvalue weighted by molar-refractivity contribution is 7.22. The molecule has 0 bridgehead atoms. The summed E-state index contributed by atoms with van der Waals surface area (Å²) >= 11 is 1.52. The van der Waals surface area contributed by atoms with Crippen molar-refractivity contribution in [1.29, 1.82) is 0 Å². The van der Waals surface area contributed by atoms with Crippen LogP contribution in [-0.2, 0) is 11.3 Å². The molecule has 0 N–H and O–H groups in total. The molecule has 2 aromatic heterocycles. The summed E-state index contributed by atoms with van der Waals surface area (Å²) < 4.78 is 13.6. The zero-order valence-corrected chi connectivity index (χ0v) is 19.2. The molecule has 8 nitrogen and oxygen atoms in total. The molecule has 1 fully saturated rings. The van der Waals surface area contributed by atoms with Gasteiger partial charge >= 0.3 is 0 Å². The van der Waals surface area contributed by atoms with E-state index in [-0.39, 0.29) is 5.91 Å². The molecule has 1 aliphatic heterocycles. The Balaban J connectivity index is 1.58. The highest BCUT2D eigenvalue weighted by atomic mass is 32.1. The number of aromatic nitrogens is 3. The van der Waals surface area contributed by atoms with Crippen LogP contribution in [0, 0.1) is 6.92 Å². The fourth-order valence-electron chi connectivity index (χ4n) is 3.77. The van der Waals surface area contributed by atoms with Gasteiger partial charge in [-0.05, 0) is 38.5 Å². The molecule has 4 rings (SSSR count). The van der Waals surface area contributed by atoms with Gasteiger partial charge in [-0.25, -0.2) is 4.98 Å². The van der Waals surface area contributed by atoms with Crippen LogP contribution in [0.25, 0.3) is 10.2 Å². The number of carbonyl (C=O) groups is 1. The molecule has 0 radical (unpaired) electrons. The average molecular weight is 444 g/mol. The minimum atomic E-state index is -0.108. The Morgan fingerprint density at radius 1 is 1.29 bits per heavy atom. The van der Waals surface area contributed by atoms with Gasteiger partial charge in [-0.1, -0.05) is 11.3 Å². The predicted molar refractivity (Wildman–Crippen MR) is 122 cm³/mol. The average Bonchev–Trinajstić information content (AvgIpc) is 3.39. The predicted octanol–water partition coefficient (Wildman–Crippen LogP) is 3.20. The maximum atomic E-state index is 13.5. The number of nitrogens with zero attached hydrogens (tertiary/aromatic N) is 5. The van der Waals surface area contributed by atoms with E-state index in [9.17, 15) is 4.79 Å². The monoisotopic (exact) mass is 443 g/mol. The van der Waals surface area contributed by atoms with E-state index in [2.05, 4.69) is 10.00 Å². The van der Waals surface area contributed by atoms with Crippen LogP contribution in [0.15, 0.2) is 24.3 Å². The minimum absolute atomic E-state index is 0.108. The lowest BCUT2D eigenvalue weighted by molar-refractivity contribution is 0.0376. The quantitative estimate of drug-likeness (QED) is 0.532. The Bertz CT molecular complexity index is 1040. The number of hydrogen-bond acceptors (Lipinski definition) is 7. The van der Waals surface area contributed by atoms with Crippen molar-refractivity contribution in [3.05, 3.63) is 35.7 Å². The van der Waals surface area contributed by atoms with E-state index >= 15 is 0 Å². The fourth-order valence-corrected chi connectivity index (χ4v) is 4.74. The summed E-state index contributed by atoms with van der Waals surface area (Å²) in [6, 6.07) is 7.67. The maximum absolute atomic E-state index is 13.5. The van der Waals surface area contributed by atoms with E-state index in [0.717, 1.165) is 67.5 Å². The first-order valence-electron chi connectivity index (χ1n) is 10.7. The molecule has 1 saturated heterocycles. The van der Waals surface area contributed by atoms with E-state index in [1.807, 2.05) is 42.8 Å². The van der Waals surface area contributed by atoms with E-state index in [1.165, 1.54) is 11.3 Å². The van der Waals surface area contributed by atoms with Gasteiger partial charge in [0.05, 0.1) is 30.5 Å². The minimum Gasteiger partial charge on any atom is -0.497 e. The summed E-state index contributed by atoms with van der Waals surface area (Å²) in [6.07, 6.45) is 0.860. The number of methoxy groups -OCH3 is 1. The third kappa shape index (κ3) is 4.89. The van der Waals surface area contributed by atoms with Gasteiger partial charge in [0.15, 0.2) is 10.8 Å². The lowest BCUT2D eigenvalue weighted by Gasteiger charge is -2.27. The Labute approximate surface area is 186 Å². The number of ether oxygens (including phenoxy) is 2. The maximum Gasteiger partial charge on any atom is 0.280 e. The normalized spacial score (nSPS) is 14.8. The van der Waals surface area contributed by atoms with Crippen molar-refractivity contribution in [1.82, 2.24) is 19.7 Å². The summed E-state index contributed by atoms with van der Waals surface area (Å²) in [6.45, 7) is 9.67.